The van der Waals surface area contributed by atoms with Crippen molar-refractivity contribution in [2.75, 3.05) is 13.2 Å². The predicted octanol–water partition coefficient (Wildman–Crippen LogP) is 5.55. The summed E-state index contributed by atoms with van der Waals surface area (Å²) in [5.74, 6) is 0.869. The zero-order chi connectivity index (χ0) is 20.5. The van der Waals surface area contributed by atoms with Crippen LogP contribution in [0.3, 0.4) is 0 Å². The summed E-state index contributed by atoms with van der Waals surface area (Å²) >= 11 is 0. The number of carbonyl (C=O) groups is 1. The van der Waals surface area contributed by atoms with Crippen molar-refractivity contribution in [3.63, 3.8) is 0 Å². The van der Waals surface area contributed by atoms with Crippen LogP contribution in [0.2, 0.25) is 0 Å². The molecule has 0 spiro atoms. The van der Waals surface area contributed by atoms with E-state index < -0.39 is 0 Å². The van der Waals surface area contributed by atoms with E-state index in [9.17, 15) is 9.90 Å². The number of ether oxygens (including phenoxy) is 1. The number of carbonyl (C=O) groups excluding carboxylic acids is 1. The number of phenolic OH excluding ortho intramolecular Hbond substituents is 1. The molecule has 0 aromatic heterocycles. The van der Waals surface area contributed by atoms with Crippen LogP contribution in [-0.2, 0) is 11.3 Å². The Morgan fingerprint density at radius 3 is 2.10 bits per heavy atom. The number of phenols is 1. The molecule has 1 amide bonds. The minimum absolute atomic E-state index is 0.0674. The molecule has 1 N–H and O–H groups in total. The standard InChI is InChI=1S/C26H25NO3/c28-20-13-11-19(12-14-20)16-27(15-18-9-10-18)26(29)30-17-25-23-7-3-1-5-21(23)22-6-2-4-8-24(22)25/h1-8,11-14,18,25,28H,9-10,15-17H2. The molecule has 1 fully saturated rings. The maximum Gasteiger partial charge on any atom is 0.410 e. The van der Waals surface area contributed by atoms with Crippen molar-refractivity contribution in [1.29, 1.82) is 0 Å². The highest BCUT2D eigenvalue weighted by Gasteiger charge is 2.31. The molecule has 0 heterocycles. The summed E-state index contributed by atoms with van der Waals surface area (Å²) in [5, 5.41) is 9.52. The molecule has 0 bridgehead atoms. The van der Waals surface area contributed by atoms with Gasteiger partial charge in [-0.15, -0.1) is 0 Å². The third-order valence-electron chi connectivity index (χ3n) is 6.08. The molecular weight excluding hydrogens is 374 g/mol. The molecule has 2 aliphatic carbocycles. The Hall–Kier alpha value is -3.27. The summed E-state index contributed by atoms with van der Waals surface area (Å²) in [7, 11) is 0. The highest BCUT2D eigenvalue weighted by Crippen LogP contribution is 2.44. The fourth-order valence-electron chi connectivity index (χ4n) is 4.32. The number of amides is 1. The van der Waals surface area contributed by atoms with Gasteiger partial charge in [-0.3, -0.25) is 0 Å². The van der Waals surface area contributed by atoms with E-state index in [1.807, 2.05) is 24.3 Å². The molecule has 152 valence electrons. The van der Waals surface area contributed by atoms with E-state index in [2.05, 4.69) is 36.4 Å². The van der Waals surface area contributed by atoms with Gasteiger partial charge in [-0.05, 0) is 58.7 Å². The first-order valence-electron chi connectivity index (χ1n) is 10.6. The number of hydrogen-bond acceptors (Lipinski definition) is 3. The van der Waals surface area contributed by atoms with Gasteiger partial charge in [0, 0.05) is 19.0 Å². The molecule has 3 aromatic rings. The molecule has 0 aliphatic heterocycles. The molecule has 4 nitrogen and oxygen atoms in total. The zero-order valence-corrected chi connectivity index (χ0v) is 16.8. The molecule has 4 heteroatoms. The normalized spacial score (nSPS) is 14.8. The monoisotopic (exact) mass is 399 g/mol. The second-order valence-electron chi connectivity index (χ2n) is 8.29. The maximum absolute atomic E-state index is 13.0. The van der Waals surface area contributed by atoms with Gasteiger partial charge in [-0.2, -0.15) is 0 Å². The molecular formula is C26H25NO3. The number of hydrogen-bond donors (Lipinski definition) is 1. The second-order valence-corrected chi connectivity index (χ2v) is 8.29. The van der Waals surface area contributed by atoms with E-state index in [4.69, 9.17) is 4.74 Å². The van der Waals surface area contributed by atoms with Crippen LogP contribution in [0.25, 0.3) is 11.1 Å². The lowest BCUT2D eigenvalue weighted by Crippen LogP contribution is -2.33. The average Bonchev–Trinajstić information content (AvgIpc) is 3.54. The molecule has 0 atom stereocenters. The summed E-state index contributed by atoms with van der Waals surface area (Å²) in [6.07, 6.45) is 2.07. The molecule has 2 aliphatic rings. The van der Waals surface area contributed by atoms with Crippen molar-refractivity contribution in [1.82, 2.24) is 4.90 Å². The smallest absolute Gasteiger partial charge is 0.410 e. The molecule has 5 rings (SSSR count). The lowest BCUT2D eigenvalue weighted by molar-refractivity contribution is 0.0954. The fourth-order valence-corrected chi connectivity index (χ4v) is 4.32. The first-order valence-corrected chi connectivity index (χ1v) is 10.6. The number of benzene rings is 3. The quantitative estimate of drug-likeness (QED) is 0.591. The third kappa shape index (κ3) is 3.78. The minimum Gasteiger partial charge on any atom is -0.508 e. The number of rotatable bonds is 6. The van der Waals surface area contributed by atoms with Crippen LogP contribution < -0.4 is 0 Å². The highest BCUT2D eigenvalue weighted by molar-refractivity contribution is 5.79. The number of aromatic hydroxyl groups is 1. The van der Waals surface area contributed by atoms with Crippen molar-refractivity contribution in [3.05, 3.63) is 89.5 Å². The van der Waals surface area contributed by atoms with Crippen molar-refractivity contribution >= 4 is 6.09 Å². The first-order chi connectivity index (χ1) is 14.7. The van der Waals surface area contributed by atoms with Crippen LogP contribution in [0, 0.1) is 5.92 Å². The fraction of sp³-hybridized carbons (Fsp3) is 0.269. The Kier molecular flexibility index (Phi) is 4.91. The van der Waals surface area contributed by atoms with Crippen LogP contribution in [0.5, 0.6) is 5.75 Å². The van der Waals surface area contributed by atoms with Gasteiger partial charge in [0.1, 0.15) is 12.4 Å². The van der Waals surface area contributed by atoms with E-state index in [0.29, 0.717) is 19.1 Å². The van der Waals surface area contributed by atoms with Gasteiger partial charge in [-0.1, -0.05) is 60.7 Å². The molecule has 1 saturated carbocycles. The summed E-state index contributed by atoms with van der Waals surface area (Å²) in [6.45, 7) is 1.55. The highest BCUT2D eigenvalue weighted by atomic mass is 16.6. The van der Waals surface area contributed by atoms with Crippen LogP contribution in [0.1, 0.15) is 35.4 Å². The van der Waals surface area contributed by atoms with Gasteiger partial charge in [0.15, 0.2) is 0 Å². The zero-order valence-electron chi connectivity index (χ0n) is 16.8. The van der Waals surface area contributed by atoms with Gasteiger partial charge in [0.2, 0.25) is 0 Å². The summed E-state index contributed by atoms with van der Waals surface area (Å²) in [4.78, 5) is 14.8. The molecule has 3 aromatic carbocycles. The van der Waals surface area contributed by atoms with Crippen LogP contribution in [0.4, 0.5) is 4.79 Å². The van der Waals surface area contributed by atoms with Crippen LogP contribution in [-0.4, -0.2) is 29.3 Å². The van der Waals surface area contributed by atoms with E-state index >= 15 is 0 Å². The lowest BCUT2D eigenvalue weighted by Gasteiger charge is -2.23. The van der Waals surface area contributed by atoms with Crippen LogP contribution in [0.15, 0.2) is 72.8 Å². The predicted molar refractivity (Wildman–Crippen MR) is 116 cm³/mol. The Bertz CT molecular complexity index is 1010. The maximum atomic E-state index is 13.0. The van der Waals surface area contributed by atoms with Crippen LogP contribution >= 0.6 is 0 Å². The largest absolute Gasteiger partial charge is 0.508 e. The van der Waals surface area contributed by atoms with Crippen molar-refractivity contribution < 1.29 is 14.6 Å². The Morgan fingerprint density at radius 1 is 0.900 bits per heavy atom. The van der Waals surface area contributed by atoms with Gasteiger partial charge in [0.05, 0.1) is 0 Å². The number of fused-ring (bicyclic) bond motifs is 3. The van der Waals surface area contributed by atoms with E-state index in [0.717, 1.165) is 12.1 Å². The lowest BCUT2D eigenvalue weighted by atomic mass is 9.98. The van der Waals surface area contributed by atoms with E-state index in [1.54, 1.807) is 17.0 Å². The van der Waals surface area contributed by atoms with Gasteiger partial charge in [0.25, 0.3) is 0 Å². The topological polar surface area (TPSA) is 49.8 Å². The van der Waals surface area contributed by atoms with Gasteiger partial charge in [-0.25, -0.2) is 4.79 Å². The average molecular weight is 399 g/mol. The van der Waals surface area contributed by atoms with Crippen molar-refractivity contribution in [2.24, 2.45) is 5.92 Å². The third-order valence-corrected chi connectivity index (χ3v) is 6.08. The molecule has 0 saturated heterocycles. The summed E-state index contributed by atoms with van der Waals surface area (Å²) in [6, 6.07) is 23.8. The molecule has 30 heavy (non-hydrogen) atoms. The summed E-state index contributed by atoms with van der Waals surface area (Å²) < 4.78 is 5.86. The SMILES string of the molecule is O=C(OCC1c2ccccc2-c2ccccc21)N(Cc1ccc(O)cc1)CC1CC1. The van der Waals surface area contributed by atoms with Gasteiger partial charge >= 0.3 is 6.09 Å². The van der Waals surface area contributed by atoms with Gasteiger partial charge < -0.3 is 14.7 Å². The molecule has 0 radical (unpaired) electrons. The van der Waals surface area contributed by atoms with E-state index in [1.165, 1.54) is 35.1 Å². The molecule has 0 unspecified atom stereocenters. The minimum atomic E-state index is -0.267. The Morgan fingerprint density at radius 2 is 1.50 bits per heavy atom. The summed E-state index contributed by atoms with van der Waals surface area (Å²) in [5.41, 5.74) is 5.89. The number of nitrogens with zero attached hydrogens (tertiary/aromatic N) is 1. The Balaban J connectivity index is 1.32. The van der Waals surface area contributed by atoms with E-state index in [-0.39, 0.29) is 17.8 Å². The van der Waals surface area contributed by atoms with Crippen molar-refractivity contribution in [2.45, 2.75) is 25.3 Å². The second kappa shape index (κ2) is 7.86. The van der Waals surface area contributed by atoms with Crippen molar-refractivity contribution in [3.8, 4) is 16.9 Å². The first kappa shape index (κ1) is 18.7. The Labute approximate surface area is 176 Å².